The van der Waals surface area contributed by atoms with Gasteiger partial charge in [0.05, 0.1) is 17.8 Å². The summed E-state index contributed by atoms with van der Waals surface area (Å²) in [5.74, 6) is -0.121. The Labute approximate surface area is 168 Å². The van der Waals surface area contributed by atoms with Gasteiger partial charge in [-0.15, -0.1) is 0 Å². The number of halogens is 1. The molecule has 0 aliphatic carbocycles. The van der Waals surface area contributed by atoms with Crippen molar-refractivity contribution in [1.82, 2.24) is 20.1 Å². The van der Waals surface area contributed by atoms with Gasteiger partial charge in [-0.25, -0.2) is 0 Å². The smallest absolute Gasteiger partial charge is 0.244 e. The number of amides is 1. The van der Waals surface area contributed by atoms with Gasteiger partial charge in [0, 0.05) is 22.2 Å². The van der Waals surface area contributed by atoms with E-state index in [0.717, 1.165) is 27.9 Å². The molecule has 4 rings (SSSR count). The first-order valence-electron chi connectivity index (χ1n) is 9.04. The number of aromatic nitrogens is 3. The number of carbonyl (C=O) groups is 1. The molecule has 1 N–H and O–H groups in total. The van der Waals surface area contributed by atoms with Crippen molar-refractivity contribution in [1.29, 1.82) is 0 Å². The lowest BCUT2D eigenvalue weighted by Gasteiger charge is -2.14. The van der Waals surface area contributed by atoms with Crippen LogP contribution in [-0.4, -0.2) is 20.7 Å². The van der Waals surface area contributed by atoms with E-state index in [-0.39, 0.29) is 5.91 Å². The first-order valence-corrected chi connectivity index (χ1v) is 9.42. The number of rotatable bonds is 5. The highest BCUT2D eigenvalue weighted by Gasteiger charge is 2.21. The van der Waals surface area contributed by atoms with E-state index in [9.17, 15) is 4.79 Å². The molecule has 0 unspecified atom stereocenters. The Morgan fingerprint density at radius 2 is 1.89 bits per heavy atom. The van der Waals surface area contributed by atoms with E-state index in [4.69, 9.17) is 16.7 Å². The molecule has 0 spiro atoms. The van der Waals surface area contributed by atoms with Crippen LogP contribution in [0.5, 0.6) is 0 Å². The molecular formula is C22H19ClN4O. The van der Waals surface area contributed by atoms with Crippen molar-refractivity contribution in [2.75, 3.05) is 0 Å². The van der Waals surface area contributed by atoms with Crippen LogP contribution in [0.3, 0.4) is 0 Å². The zero-order valence-electron chi connectivity index (χ0n) is 15.3. The lowest BCUT2D eigenvalue weighted by molar-refractivity contribution is -0.124. The Bertz CT molecular complexity index is 1110. The number of nitrogens with zero attached hydrogens (tertiary/aromatic N) is 3. The summed E-state index contributed by atoms with van der Waals surface area (Å²) in [6.45, 7) is 2.21. The first kappa shape index (κ1) is 18.2. The highest BCUT2D eigenvalue weighted by atomic mass is 35.5. The predicted molar refractivity (Wildman–Crippen MR) is 111 cm³/mol. The van der Waals surface area contributed by atoms with Gasteiger partial charge in [0.2, 0.25) is 5.91 Å². The molecule has 6 heteroatoms. The molecule has 0 bridgehead atoms. The van der Waals surface area contributed by atoms with E-state index >= 15 is 0 Å². The fourth-order valence-corrected chi connectivity index (χ4v) is 3.33. The minimum Gasteiger partial charge on any atom is -0.349 e. The first-order chi connectivity index (χ1) is 13.6. The maximum atomic E-state index is 12.7. The van der Waals surface area contributed by atoms with Crippen molar-refractivity contribution in [3.63, 3.8) is 0 Å². The SMILES string of the molecule is C[C@H](C(=O)NCc1ccccn1)n1nc(-c2ccccc2)c2cc(Cl)ccc21. The average Bonchev–Trinajstić information content (AvgIpc) is 3.11. The summed E-state index contributed by atoms with van der Waals surface area (Å²) in [6.07, 6.45) is 1.71. The summed E-state index contributed by atoms with van der Waals surface area (Å²) < 4.78 is 1.75. The van der Waals surface area contributed by atoms with E-state index < -0.39 is 6.04 Å². The molecule has 0 saturated heterocycles. The molecule has 0 radical (unpaired) electrons. The van der Waals surface area contributed by atoms with Crippen molar-refractivity contribution in [2.24, 2.45) is 0 Å². The molecular weight excluding hydrogens is 372 g/mol. The summed E-state index contributed by atoms with van der Waals surface area (Å²) in [7, 11) is 0. The largest absolute Gasteiger partial charge is 0.349 e. The normalized spacial score (nSPS) is 12.1. The van der Waals surface area contributed by atoms with Crippen molar-refractivity contribution in [3.8, 4) is 11.3 Å². The molecule has 1 amide bonds. The Kier molecular flexibility index (Phi) is 5.08. The highest BCUT2D eigenvalue weighted by Crippen LogP contribution is 2.31. The topological polar surface area (TPSA) is 59.8 Å². The van der Waals surface area contributed by atoms with Crippen LogP contribution in [0, 0.1) is 0 Å². The van der Waals surface area contributed by atoms with Crippen molar-refractivity contribution in [3.05, 3.63) is 83.6 Å². The zero-order valence-corrected chi connectivity index (χ0v) is 16.1. The van der Waals surface area contributed by atoms with Gasteiger partial charge < -0.3 is 5.32 Å². The van der Waals surface area contributed by atoms with Gasteiger partial charge in [-0.05, 0) is 37.3 Å². The van der Waals surface area contributed by atoms with Gasteiger partial charge in [-0.2, -0.15) is 5.10 Å². The highest BCUT2D eigenvalue weighted by molar-refractivity contribution is 6.31. The minimum atomic E-state index is -0.482. The summed E-state index contributed by atoms with van der Waals surface area (Å²) in [5, 5.41) is 9.25. The number of hydrogen-bond acceptors (Lipinski definition) is 3. The molecule has 2 aromatic heterocycles. The standard InChI is InChI=1S/C22H19ClN4O/c1-15(22(28)25-14-18-9-5-6-12-24-18)27-20-11-10-17(23)13-19(20)21(26-27)16-7-3-2-4-8-16/h2-13,15H,14H2,1H3,(H,25,28)/t15-/m1/s1. The second-order valence-electron chi connectivity index (χ2n) is 6.54. The minimum absolute atomic E-state index is 0.121. The van der Waals surface area contributed by atoms with Crippen molar-refractivity contribution in [2.45, 2.75) is 19.5 Å². The van der Waals surface area contributed by atoms with Crippen molar-refractivity contribution < 1.29 is 4.79 Å². The Hall–Kier alpha value is -3.18. The summed E-state index contributed by atoms with van der Waals surface area (Å²) in [4.78, 5) is 17.0. The molecule has 2 heterocycles. The van der Waals surface area contributed by atoms with E-state index in [0.29, 0.717) is 11.6 Å². The predicted octanol–water partition coefficient (Wildman–Crippen LogP) is 4.63. The lowest BCUT2D eigenvalue weighted by atomic mass is 10.1. The fourth-order valence-electron chi connectivity index (χ4n) is 3.16. The van der Waals surface area contributed by atoms with E-state index in [2.05, 4.69) is 10.3 Å². The zero-order chi connectivity index (χ0) is 19.5. The molecule has 28 heavy (non-hydrogen) atoms. The Morgan fingerprint density at radius 3 is 2.64 bits per heavy atom. The molecule has 0 aliphatic rings. The van der Waals surface area contributed by atoms with Gasteiger partial charge in [0.15, 0.2) is 0 Å². The summed E-state index contributed by atoms with van der Waals surface area (Å²) in [5.41, 5.74) is 3.46. The van der Waals surface area contributed by atoms with Crippen LogP contribution in [0.1, 0.15) is 18.7 Å². The van der Waals surface area contributed by atoms with Gasteiger partial charge in [-0.1, -0.05) is 48.0 Å². The van der Waals surface area contributed by atoms with Gasteiger partial charge in [0.25, 0.3) is 0 Å². The average molecular weight is 391 g/mol. The van der Waals surface area contributed by atoms with Gasteiger partial charge in [0.1, 0.15) is 11.7 Å². The molecule has 5 nitrogen and oxygen atoms in total. The van der Waals surface area contributed by atoms with Crippen LogP contribution in [-0.2, 0) is 11.3 Å². The maximum absolute atomic E-state index is 12.7. The lowest BCUT2D eigenvalue weighted by Crippen LogP contribution is -2.31. The van der Waals surface area contributed by atoms with E-state index in [1.54, 1.807) is 10.9 Å². The number of pyridine rings is 1. The Morgan fingerprint density at radius 1 is 1.11 bits per heavy atom. The number of hydrogen-bond donors (Lipinski definition) is 1. The molecule has 140 valence electrons. The Balaban J connectivity index is 1.67. The quantitative estimate of drug-likeness (QED) is 0.540. The third kappa shape index (κ3) is 3.62. The van der Waals surface area contributed by atoms with Crippen LogP contribution in [0.4, 0.5) is 0 Å². The number of benzene rings is 2. The van der Waals surface area contributed by atoms with Gasteiger partial charge in [-0.3, -0.25) is 14.5 Å². The molecule has 0 saturated carbocycles. The molecule has 2 aromatic carbocycles. The van der Waals surface area contributed by atoms with Crippen LogP contribution in [0.25, 0.3) is 22.2 Å². The van der Waals surface area contributed by atoms with E-state index in [1.165, 1.54) is 0 Å². The molecule has 4 aromatic rings. The second-order valence-corrected chi connectivity index (χ2v) is 6.97. The van der Waals surface area contributed by atoms with Crippen LogP contribution < -0.4 is 5.32 Å². The van der Waals surface area contributed by atoms with Crippen molar-refractivity contribution >= 4 is 28.4 Å². The van der Waals surface area contributed by atoms with Gasteiger partial charge >= 0.3 is 0 Å². The number of nitrogens with one attached hydrogen (secondary N) is 1. The third-order valence-corrected chi connectivity index (χ3v) is 4.87. The molecule has 0 aliphatic heterocycles. The summed E-state index contributed by atoms with van der Waals surface area (Å²) >= 11 is 6.22. The second kappa shape index (κ2) is 7.82. The fraction of sp³-hybridized carbons (Fsp3) is 0.136. The summed E-state index contributed by atoms with van der Waals surface area (Å²) in [6, 6.07) is 20.6. The molecule has 1 atom stereocenters. The third-order valence-electron chi connectivity index (χ3n) is 4.63. The number of fused-ring (bicyclic) bond motifs is 1. The van der Waals surface area contributed by atoms with Crippen LogP contribution in [0.2, 0.25) is 5.02 Å². The molecule has 0 fully saturated rings. The van der Waals surface area contributed by atoms with E-state index in [1.807, 2.05) is 73.7 Å². The monoisotopic (exact) mass is 390 g/mol. The van der Waals surface area contributed by atoms with Crippen LogP contribution in [0.15, 0.2) is 72.9 Å². The maximum Gasteiger partial charge on any atom is 0.244 e. The van der Waals surface area contributed by atoms with Crippen LogP contribution >= 0.6 is 11.6 Å². The number of carbonyl (C=O) groups excluding carboxylic acids is 1.